The zero-order chi connectivity index (χ0) is 51.7. The van der Waals surface area contributed by atoms with Gasteiger partial charge in [-0.3, -0.25) is 0 Å². The third kappa shape index (κ3) is 11.4. The fourth-order valence-corrected chi connectivity index (χ4v) is 10.2. The molecule has 0 aliphatic carbocycles. The van der Waals surface area contributed by atoms with Gasteiger partial charge in [0.25, 0.3) is 0 Å². The highest BCUT2D eigenvalue weighted by Crippen LogP contribution is 2.42. The molecule has 0 radical (unpaired) electrons. The maximum Gasteiger partial charge on any atom is 0.0519 e. The van der Waals surface area contributed by atoms with Crippen LogP contribution in [0, 0.1) is 41.5 Å². The predicted molar refractivity (Wildman–Crippen MR) is 325 cm³/mol. The number of hydrogen-bond donors (Lipinski definition) is 0. The number of nitrogens with zero attached hydrogens (tertiary/aromatic N) is 3. The van der Waals surface area contributed by atoms with Gasteiger partial charge in [0.2, 0.25) is 0 Å². The fraction of sp³-hybridized carbons (Fsp3) is 0.0833. The number of aryl methyl sites for hydroxylation is 6. The second-order valence-corrected chi connectivity index (χ2v) is 19.4. The first-order valence-corrected chi connectivity index (χ1v) is 25.9. The maximum atomic E-state index is 2.36. The smallest absolute Gasteiger partial charge is 0.0519 e. The van der Waals surface area contributed by atoms with Crippen molar-refractivity contribution >= 4 is 87.6 Å². The van der Waals surface area contributed by atoms with Crippen molar-refractivity contribution in [2.24, 2.45) is 0 Å². The molecule has 0 unspecified atom stereocenters. The molecule has 3 heteroatoms. The van der Waals surface area contributed by atoms with Crippen LogP contribution in [0.5, 0.6) is 0 Å². The Labute approximate surface area is 445 Å². The molecule has 0 aliphatic rings. The Morgan fingerprint density at radius 1 is 0.200 bits per heavy atom. The summed E-state index contributed by atoms with van der Waals surface area (Å²) in [6.45, 7) is 13.1. The van der Waals surface area contributed by atoms with Crippen molar-refractivity contribution in [2.75, 3.05) is 14.7 Å². The van der Waals surface area contributed by atoms with Crippen molar-refractivity contribution in [3.8, 4) is 0 Å². The van der Waals surface area contributed by atoms with Crippen molar-refractivity contribution in [1.29, 1.82) is 0 Å². The van der Waals surface area contributed by atoms with Crippen LogP contribution in [0.15, 0.2) is 237 Å². The van der Waals surface area contributed by atoms with Gasteiger partial charge in [-0.2, -0.15) is 0 Å². The molecule has 0 bridgehead atoms. The minimum Gasteiger partial charge on any atom is -0.310 e. The van der Waals surface area contributed by atoms with Crippen molar-refractivity contribution in [1.82, 2.24) is 0 Å². The van der Waals surface area contributed by atoms with Crippen molar-refractivity contribution in [2.45, 2.75) is 41.5 Å². The molecule has 10 rings (SSSR count). The molecule has 0 atom stereocenters. The third-order valence-corrected chi connectivity index (χ3v) is 13.9. The Hall–Kier alpha value is -9.18. The monoisotopic (exact) mass is 970 g/mol. The molecule has 0 aromatic heterocycles. The fourth-order valence-electron chi connectivity index (χ4n) is 10.2. The zero-order valence-corrected chi connectivity index (χ0v) is 43.8. The van der Waals surface area contributed by atoms with E-state index in [-0.39, 0.29) is 0 Å². The number of anilines is 9. The summed E-state index contributed by atoms with van der Waals surface area (Å²) in [6.07, 6.45) is 13.3. The molecule has 3 nitrogen and oxygen atoms in total. The Morgan fingerprint density at radius 2 is 0.400 bits per heavy atom. The normalized spacial score (nSPS) is 11.4. The Kier molecular flexibility index (Phi) is 15.0. The van der Waals surface area contributed by atoms with Crippen LogP contribution in [-0.4, -0.2) is 0 Å². The first-order chi connectivity index (χ1) is 36.7. The van der Waals surface area contributed by atoms with E-state index >= 15 is 0 Å². The van der Waals surface area contributed by atoms with Crippen LogP contribution in [-0.2, 0) is 0 Å². The van der Waals surface area contributed by atoms with Gasteiger partial charge < -0.3 is 14.7 Å². The van der Waals surface area contributed by atoms with Crippen LogP contribution in [0.4, 0.5) is 51.2 Å². The minimum atomic E-state index is 1.12. The van der Waals surface area contributed by atoms with Crippen molar-refractivity contribution in [3.63, 3.8) is 0 Å². The van der Waals surface area contributed by atoms with Crippen LogP contribution < -0.4 is 14.7 Å². The van der Waals surface area contributed by atoms with Gasteiger partial charge in [-0.1, -0.05) is 182 Å². The van der Waals surface area contributed by atoms with Gasteiger partial charge in [0.05, 0.1) is 17.1 Å². The third-order valence-electron chi connectivity index (χ3n) is 13.9. The first kappa shape index (κ1) is 49.4. The molecule has 366 valence electrons. The van der Waals surface area contributed by atoms with Gasteiger partial charge >= 0.3 is 0 Å². The van der Waals surface area contributed by atoms with E-state index in [1.807, 2.05) is 0 Å². The summed E-state index contributed by atoms with van der Waals surface area (Å²) in [4.78, 5) is 7.09. The quantitative estimate of drug-likeness (QED) is 0.0948. The highest BCUT2D eigenvalue weighted by molar-refractivity contribution is 5.85. The largest absolute Gasteiger partial charge is 0.310 e. The lowest BCUT2D eigenvalue weighted by Crippen LogP contribution is -2.12. The highest BCUT2D eigenvalue weighted by atomic mass is 15.2. The topological polar surface area (TPSA) is 9.72 Å². The van der Waals surface area contributed by atoms with Gasteiger partial charge in [-0.25, -0.2) is 0 Å². The summed E-state index contributed by atoms with van der Waals surface area (Å²) in [6, 6.07) is 84.9. The molecule has 10 aromatic rings. The predicted octanol–water partition coefficient (Wildman–Crippen LogP) is 20.5. The standard InChI is InChI=1S/C72H63N3/c1-52-19-16-20-53(2)70(52)73(64-25-10-7-11-26-64)67-43-37-58(38-44-67)31-34-61-49-62(35-32-59-39-45-68(46-40-59)74(65-27-12-8-13-28-65)71-54(3)21-17-22-55(71)4)51-63(50-61)36-33-60-41-47-69(48-42-60)75(66-29-14-9-15-30-66)72-56(5)23-18-24-57(72)6/h7-51H,1-6H3/b34-31+,35-32+,36-33+. The van der Waals surface area contributed by atoms with Crippen LogP contribution in [0.3, 0.4) is 0 Å². The van der Waals surface area contributed by atoms with Gasteiger partial charge in [-0.05, 0) is 199 Å². The molecule has 10 aromatic carbocycles. The number of benzene rings is 10. The van der Waals surface area contributed by atoms with E-state index in [0.717, 1.165) is 67.5 Å². The van der Waals surface area contributed by atoms with Gasteiger partial charge in [0.1, 0.15) is 0 Å². The average molecular weight is 970 g/mol. The summed E-state index contributed by atoms with van der Waals surface area (Å²) in [5.41, 5.74) is 24.5. The van der Waals surface area contributed by atoms with Crippen LogP contribution in [0.1, 0.15) is 66.8 Å². The molecule has 0 aliphatic heterocycles. The van der Waals surface area contributed by atoms with E-state index in [4.69, 9.17) is 0 Å². The second kappa shape index (κ2) is 22.7. The van der Waals surface area contributed by atoms with Crippen molar-refractivity contribution in [3.05, 3.63) is 303 Å². The number of para-hydroxylation sites is 6. The second-order valence-electron chi connectivity index (χ2n) is 19.4. The summed E-state index contributed by atoms with van der Waals surface area (Å²) in [5, 5.41) is 0. The van der Waals surface area contributed by atoms with E-state index in [0.29, 0.717) is 0 Å². The molecular formula is C72H63N3. The van der Waals surface area contributed by atoms with E-state index in [1.165, 1.54) is 50.4 Å². The first-order valence-electron chi connectivity index (χ1n) is 25.9. The van der Waals surface area contributed by atoms with Crippen LogP contribution >= 0.6 is 0 Å². The van der Waals surface area contributed by atoms with Crippen LogP contribution in [0.2, 0.25) is 0 Å². The Balaban J connectivity index is 0.963. The molecule has 0 spiro atoms. The molecule has 75 heavy (non-hydrogen) atoms. The summed E-state index contributed by atoms with van der Waals surface area (Å²) in [5.74, 6) is 0. The lowest BCUT2D eigenvalue weighted by molar-refractivity contribution is 1.22. The van der Waals surface area contributed by atoms with Gasteiger partial charge in [0, 0.05) is 34.1 Å². The van der Waals surface area contributed by atoms with E-state index in [2.05, 4.69) is 329 Å². The molecular weight excluding hydrogens is 907 g/mol. The molecule has 0 amide bonds. The molecule has 0 N–H and O–H groups in total. The Morgan fingerprint density at radius 3 is 0.627 bits per heavy atom. The van der Waals surface area contributed by atoms with E-state index in [9.17, 15) is 0 Å². The van der Waals surface area contributed by atoms with E-state index in [1.54, 1.807) is 0 Å². The molecule has 0 saturated heterocycles. The van der Waals surface area contributed by atoms with Gasteiger partial charge in [0.15, 0.2) is 0 Å². The van der Waals surface area contributed by atoms with Gasteiger partial charge in [-0.15, -0.1) is 0 Å². The number of rotatable bonds is 15. The Bertz CT molecular complexity index is 3170. The lowest BCUT2D eigenvalue weighted by atomic mass is 10.0. The summed E-state index contributed by atoms with van der Waals surface area (Å²) < 4.78 is 0. The highest BCUT2D eigenvalue weighted by Gasteiger charge is 2.19. The molecule has 0 saturated carbocycles. The minimum absolute atomic E-state index is 1.12. The maximum absolute atomic E-state index is 2.36. The van der Waals surface area contributed by atoms with Crippen molar-refractivity contribution < 1.29 is 0 Å². The van der Waals surface area contributed by atoms with Crippen LogP contribution in [0.25, 0.3) is 36.5 Å². The summed E-state index contributed by atoms with van der Waals surface area (Å²) >= 11 is 0. The zero-order valence-electron chi connectivity index (χ0n) is 43.8. The lowest BCUT2D eigenvalue weighted by Gasteiger charge is -2.28. The number of hydrogen-bond acceptors (Lipinski definition) is 3. The SMILES string of the molecule is Cc1cccc(C)c1N(c1ccccc1)c1ccc(/C=C/c2cc(/C=C/c3ccc(N(c4ccccc4)c4c(C)cccc4C)cc3)cc(/C=C/c3ccc(N(c4ccccc4)c4c(C)cccc4C)cc3)c2)cc1. The average Bonchev–Trinajstić information content (AvgIpc) is 3.44. The summed E-state index contributed by atoms with van der Waals surface area (Å²) in [7, 11) is 0. The molecule has 0 heterocycles. The van der Waals surface area contributed by atoms with E-state index < -0.39 is 0 Å². The molecule has 0 fully saturated rings.